The molecular weight excluding hydrogens is 278 g/mol. The van der Waals surface area contributed by atoms with Crippen molar-refractivity contribution < 1.29 is 14.7 Å². The van der Waals surface area contributed by atoms with E-state index in [1.807, 2.05) is 0 Å². The van der Waals surface area contributed by atoms with E-state index in [-0.39, 0.29) is 12.5 Å². The molecule has 4 nitrogen and oxygen atoms in total. The first-order valence-electron chi connectivity index (χ1n) is 8.80. The van der Waals surface area contributed by atoms with Gasteiger partial charge in [-0.3, -0.25) is 9.59 Å². The normalized spacial score (nSPS) is 11.0. The number of aliphatic carboxylic acids is 1. The molecule has 2 N–H and O–H groups in total. The van der Waals surface area contributed by atoms with E-state index in [9.17, 15) is 9.59 Å². The van der Waals surface area contributed by atoms with Crippen LogP contribution in [0, 0.1) is 0 Å². The molecule has 0 radical (unpaired) electrons. The van der Waals surface area contributed by atoms with Crippen LogP contribution in [0.1, 0.15) is 84.0 Å². The number of carboxylic acid groups (broad SMARTS) is 1. The zero-order valence-corrected chi connectivity index (χ0v) is 14.1. The molecule has 4 heteroatoms. The number of unbranched alkanes of at least 4 members (excludes halogenated alkanes) is 9. The number of rotatable bonds is 15. The van der Waals surface area contributed by atoms with E-state index < -0.39 is 5.97 Å². The van der Waals surface area contributed by atoms with Crippen molar-refractivity contribution >= 4 is 11.9 Å². The van der Waals surface area contributed by atoms with Crippen molar-refractivity contribution in [3.63, 3.8) is 0 Å². The fourth-order valence-corrected chi connectivity index (χ4v) is 2.33. The van der Waals surface area contributed by atoms with Gasteiger partial charge in [-0.05, 0) is 25.7 Å². The van der Waals surface area contributed by atoms with Gasteiger partial charge in [0.05, 0.1) is 0 Å². The first-order chi connectivity index (χ1) is 10.7. The molecular formula is C18H33NO3. The van der Waals surface area contributed by atoms with Crippen molar-refractivity contribution in [1.29, 1.82) is 0 Å². The molecule has 0 saturated carbocycles. The van der Waals surface area contributed by atoms with Gasteiger partial charge in [-0.25, -0.2) is 0 Å². The first-order valence-corrected chi connectivity index (χ1v) is 8.80. The van der Waals surface area contributed by atoms with E-state index >= 15 is 0 Å². The second-order valence-corrected chi connectivity index (χ2v) is 5.77. The molecule has 0 aromatic carbocycles. The molecule has 22 heavy (non-hydrogen) atoms. The first kappa shape index (κ1) is 20.7. The maximum absolute atomic E-state index is 11.3. The molecule has 1 amide bonds. The lowest BCUT2D eigenvalue weighted by atomic mass is 10.1. The number of allylic oxidation sites excluding steroid dienone is 2. The van der Waals surface area contributed by atoms with Gasteiger partial charge in [0.2, 0.25) is 5.91 Å². The summed E-state index contributed by atoms with van der Waals surface area (Å²) in [7, 11) is 0. The fraction of sp³-hybridized carbons (Fsp3) is 0.778. The van der Waals surface area contributed by atoms with Crippen molar-refractivity contribution in [3.8, 4) is 0 Å². The molecule has 0 aliphatic carbocycles. The molecule has 0 bridgehead atoms. The quantitative estimate of drug-likeness (QED) is 0.347. The van der Waals surface area contributed by atoms with Crippen LogP contribution in [-0.4, -0.2) is 23.5 Å². The van der Waals surface area contributed by atoms with Gasteiger partial charge in [-0.1, -0.05) is 64.0 Å². The number of nitrogens with one attached hydrogen (secondary N) is 1. The molecule has 0 rings (SSSR count). The highest BCUT2D eigenvalue weighted by molar-refractivity contribution is 5.80. The zero-order chi connectivity index (χ0) is 16.5. The van der Waals surface area contributed by atoms with Crippen LogP contribution in [0.3, 0.4) is 0 Å². The average Bonchev–Trinajstić information content (AvgIpc) is 2.49. The van der Waals surface area contributed by atoms with E-state index in [0.29, 0.717) is 6.42 Å². The molecule has 0 saturated heterocycles. The summed E-state index contributed by atoms with van der Waals surface area (Å²) in [5.74, 6) is -1.14. The van der Waals surface area contributed by atoms with E-state index in [1.165, 1.54) is 51.4 Å². The smallest absolute Gasteiger partial charge is 0.322 e. The van der Waals surface area contributed by atoms with Crippen LogP contribution in [0.15, 0.2) is 12.2 Å². The Labute approximate surface area is 135 Å². The number of amides is 1. The molecule has 0 atom stereocenters. The Hall–Kier alpha value is -1.32. The second-order valence-electron chi connectivity index (χ2n) is 5.77. The van der Waals surface area contributed by atoms with Crippen molar-refractivity contribution in [3.05, 3.63) is 12.2 Å². The maximum Gasteiger partial charge on any atom is 0.322 e. The Balaban J connectivity index is 3.15. The highest BCUT2D eigenvalue weighted by Crippen LogP contribution is 2.11. The SMILES string of the molecule is CC/C=C\CCCCCCCCCCCC(=O)NCC(=O)O. The summed E-state index contributed by atoms with van der Waals surface area (Å²) in [5, 5.41) is 10.8. The number of carboxylic acids is 1. The Bertz CT molecular complexity index is 313. The number of carbonyl (C=O) groups excluding carboxylic acids is 1. The minimum Gasteiger partial charge on any atom is -0.480 e. The largest absolute Gasteiger partial charge is 0.480 e. The van der Waals surface area contributed by atoms with Crippen LogP contribution in [-0.2, 0) is 9.59 Å². The van der Waals surface area contributed by atoms with Crippen molar-refractivity contribution in [1.82, 2.24) is 5.32 Å². The Morgan fingerprint density at radius 3 is 1.95 bits per heavy atom. The van der Waals surface area contributed by atoms with E-state index in [4.69, 9.17) is 5.11 Å². The minimum absolute atomic E-state index is 0.153. The van der Waals surface area contributed by atoms with Gasteiger partial charge in [0.25, 0.3) is 0 Å². The number of hydrogen-bond acceptors (Lipinski definition) is 2. The van der Waals surface area contributed by atoms with E-state index in [1.54, 1.807) is 0 Å². The molecule has 0 unspecified atom stereocenters. The van der Waals surface area contributed by atoms with Gasteiger partial charge in [0, 0.05) is 6.42 Å². The zero-order valence-electron chi connectivity index (χ0n) is 14.1. The standard InChI is InChI=1S/C18H33NO3/c1-2-3-4-5-6-7-8-9-10-11-12-13-14-15-17(20)19-16-18(21)22/h3-4H,2,5-16H2,1H3,(H,19,20)(H,21,22)/b4-3-. The van der Waals surface area contributed by atoms with Crippen LogP contribution in [0.25, 0.3) is 0 Å². The topological polar surface area (TPSA) is 66.4 Å². The van der Waals surface area contributed by atoms with E-state index in [0.717, 1.165) is 19.3 Å². The fourth-order valence-electron chi connectivity index (χ4n) is 2.33. The van der Waals surface area contributed by atoms with Crippen molar-refractivity contribution in [2.45, 2.75) is 84.0 Å². The molecule has 0 aromatic rings. The minimum atomic E-state index is -0.991. The molecule has 0 aliphatic heterocycles. The third kappa shape index (κ3) is 16.7. The third-order valence-corrected chi connectivity index (χ3v) is 3.61. The van der Waals surface area contributed by atoms with Gasteiger partial charge < -0.3 is 10.4 Å². The van der Waals surface area contributed by atoms with Crippen LogP contribution in [0.4, 0.5) is 0 Å². The Kier molecular flexibility index (Phi) is 15.1. The van der Waals surface area contributed by atoms with Crippen LogP contribution >= 0.6 is 0 Å². The molecule has 0 fully saturated rings. The second kappa shape index (κ2) is 16.1. The predicted molar refractivity (Wildman–Crippen MR) is 90.9 cm³/mol. The number of carbonyl (C=O) groups is 2. The summed E-state index contributed by atoms with van der Waals surface area (Å²) >= 11 is 0. The third-order valence-electron chi connectivity index (χ3n) is 3.61. The number of hydrogen-bond donors (Lipinski definition) is 2. The van der Waals surface area contributed by atoms with Gasteiger partial charge in [0.1, 0.15) is 6.54 Å². The Morgan fingerprint density at radius 1 is 0.864 bits per heavy atom. The lowest BCUT2D eigenvalue weighted by Gasteiger charge is -2.03. The Morgan fingerprint density at radius 2 is 1.41 bits per heavy atom. The summed E-state index contributed by atoms with van der Waals surface area (Å²) in [4.78, 5) is 21.5. The molecule has 0 heterocycles. The summed E-state index contributed by atoms with van der Waals surface area (Å²) in [6.07, 6.45) is 18.2. The summed E-state index contributed by atoms with van der Waals surface area (Å²) in [6, 6.07) is 0. The predicted octanol–water partition coefficient (Wildman–Crippen LogP) is 4.44. The summed E-state index contributed by atoms with van der Waals surface area (Å²) in [6.45, 7) is 1.89. The van der Waals surface area contributed by atoms with Crippen LogP contribution in [0.2, 0.25) is 0 Å². The van der Waals surface area contributed by atoms with Crippen molar-refractivity contribution in [2.75, 3.05) is 6.54 Å². The van der Waals surface area contributed by atoms with Crippen LogP contribution < -0.4 is 5.32 Å². The van der Waals surface area contributed by atoms with Gasteiger partial charge in [0.15, 0.2) is 0 Å². The molecule has 0 spiro atoms. The lowest BCUT2D eigenvalue weighted by Crippen LogP contribution is -2.28. The molecule has 0 aliphatic rings. The average molecular weight is 311 g/mol. The molecule has 128 valence electrons. The van der Waals surface area contributed by atoms with E-state index in [2.05, 4.69) is 24.4 Å². The molecule has 0 aromatic heterocycles. The van der Waals surface area contributed by atoms with Crippen molar-refractivity contribution in [2.24, 2.45) is 0 Å². The maximum atomic E-state index is 11.3. The monoisotopic (exact) mass is 311 g/mol. The highest BCUT2D eigenvalue weighted by Gasteiger charge is 2.03. The summed E-state index contributed by atoms with van der Waals surface area (Å²) < 4.78 is 0. The summed E-state index contributed by atoms with van der Waals surface area (Å²) in [5.41, 5.74) is 0. The van der Waals surface area contributed by atoms with Gasteiger partial charge in [-0.15, -0.1) is 0 Å². The van der Waals surface area contributed by atoms with Crippen LogP contribution in [0.5, 0.6) is 0 Å². The van der Waals surface area contributed by atoms with Gasteiger partial charge in [-0.2, -0.15) is 0 Å². The highest BCUT2D eigenvalue weighted by atomic mass is 16.4. The lowest BCUT2D eigenvalue weighted by molar-refractivity contribution is -0.137. The van der Waals surface area contributed by atoms with Gasteiger partial charge >= 0.3 is 5.97 Å².